The number of aryl methyl sites for hydroxylation is 3. The summed E-state index contributed by atoms with van der Waals surface area (Å²) in [6, 6.07) is 13.0. The Labute approximate surface area is 237 Å². The number of carbonyl (C=O) groups is 1. The number of anilines is 2. The predicted octanol–water partition coefficient (Wildman–Crippen LogP) is 6.54. The van der Waals surface area contributed by atoms with Crippen LogP contribution < -0.4 is 4.90 Å². The molecule has 0 saturated carbocycles. The fourth-order valence-electron chi connectivity index (χ4n) is 5.55. The van der Waals surface area contributed by atoms with Crippen molar-refractivity contribution in [2.45, 2.75) is 40.0 Å². The lowest BCUT2D eigenvalue weighted by molar-refractivity contribution is -0.138. The summed E-state index contributed by atoms with van der Waals surface area (Å²) in [5.74, 6) is 0.615. The lowest BCUT2D eigenvalue weighted by Gasteiger charge is -2.33. The fourth-order valence-corrected chi connectivity index (χ4v) is 6.12. The maximum atomic E-state index is 11.1. The normalized spacial score (nSPS) is 14.6. The summed E-state index contributed by atoms with van der Waals surface area (Å²) < 4.78 is 8.45. The number of carboxylic acids is 1. The van der Waals surface area contributed by atoms with E-state index >= 15 is 0 Å². The van der Waals surface area contributed by atoms with Crippen LogP contribution in [0.25, 0.3) is 16.8 Å². The van der Waals surface area contributed by atoms with Gasteiger partial charge in [-0.05, 0) is 110 Å². The number of rotatable bonds is 9. The molecule has 1 aliphatic heterocycles. The zero-order chi connectivity index (χ0) is 27.5. The number of piperidine rings is 1. The second kappa shape index (κ2) is 11.8. The molecule has 8 nitrogen and oxygen atoms in total. The van der Waals surface area contributed by atoms with Gasteiger partial charge in [-0.15, -0.1) is 0 Å². The van der Waals surface area contributed by atoms with Gasteiger partial charge in [-0.1, -0.05) is 17.3 Å². The van der Waals surface area contributed by atoms with Crippen LogP contribution >= 0.6 is 15.9 Å². The molecule has 0 spiro atoms. The minimum absolute atomic E-state index is 0.129. The highest BCUT2D eigenvalue weighted by Crippen LogP contribution is 2.37. The van der Waals surface area contributed by atoms with E-state index in [9.17, 15) is 4.79 Å². The Morgan fingerprint density at radius 1 is 1.15 bits per heavy atom. The third-order valence-electron chi connectivity index (χ3n) is 7.67. The lowest BCUT2D eigenvalue weighted by atomic mass is 9.93. The van der Waals surface area contributed by atoms with Gasteiger partial charge in [0.1, 0.15) is 5.76 Å². The van der Waals surface area contributed by atoms with Crippen molar-refractivity contribution in [1.29, 1.82) is 0 Å². The van der Waals surface area contributed by atoms with Gasteiger partial charge in [-0.2, -0.15) is 0 Å². The molecule has 2 aromatic carbocycles. The molecule has 2 aromatic heterocycles. The Morgan fingerprint density at radius 3 is 2.59 bits per heavy atom. The number of hydrogen-bond donors (Lipinski definition) is 1. The molecule has 0 atom stereocenters. The van der Waals surface area contributed by atoms with Crippen LogP contribution in [0.1, 0.15) is 36.3 Å². The van der Waals surface area contributed by atoms with Crippen LogP contribution in [0.3, 0.4) is 0 Å². The first-order valence-electron chi connectivity index (χ1n) is 13.3. The largest absolute Gasteiger partial charge is 0.480 e. The average molecular weight is 593 g/mol. The second-order valence-electron chi connectivity index (χ2n) is 10.4. The van der Waals surface area contributed by atoms with Crippen LogP contribution in [0.2, 0.25) is 0 Å². The Balaban J connectivity index is 1.45. The number of likely N-dealkylation sites (tertiary alicyclic amines) is 1. The summed E-state index contributed by atoms with van der Waals surface area (Å²) in [5.41, 5.74) is 7.49. The third kappa shape index (κ3) is 6.09. The van der Waals surface area contributed by atoms with Crippen molar-refractivity contribution < 1.29 is 14.4 Å². The Bertz CT molecular complexity index is 1420. The van der Waals surface area contributed by atoms with Crippen molar-refractivity contribution in [3.8, 4) is 16.8 Å². The molecule has 1 saturated heterocycles. The van der Waals surface area contributed by atoms with Gasteiger partial charge >= 0.3 is 5.97 Å². The van der Waals surface area contributed by atoms with E-state index in [4.69, 9.17) is 9.63 Å². The minimum atomic E-state index is -0.752. The molecular formula is C30H34BrN5O3. The Kier molecular flexibility index (Phi) is 8.18. The summed E-state index contributed by atoms with van der Waals surface area (Å²) in [4.78, 5) is 19.8. The molecule has 3 heterocycles. The van der Waals surface area contributed by atoms with E-state index < -0.39 is 5.97 Å². The van der Waals surface area contributed by atoms with Crippen LogP contribution in [0, 0.1) is 26.7 Å². The summed E-state index contributed by atoms with van der Waals surface area (Å²) in [5, 5.41) is 13.3. The van der Waals surface area contributed by atoms with E-state index in [0.29, 0.717) is 5.92 Å². The van der Waals surface area contributed by atoms with Gasteiger partial charge in [0.05, 0.1) is 24.3 Å². The predicted molar refractivity (Wildman–Crippen MR) is 156 cm³/mol. The molecular weight excluding hydrogens is 558 g/mol. The van der Waals surface area contributed by atoms with Crippen LogP contribution in [-0.4, -0.2) is 56.9 Å². The zero-order valence-electron chi connectivity index (χ0n) is 22.6. The van der Waals surface area contributed by atoms with E-state index in [1.165, 1.54) is 5.56 Å². The van der Waals surface area contributed by atoms with Crippen molar-refractivity contribution in [3.63, 3.8) is 0 Å². The minimum Gasteiger partial charge on any atom is -0.480 e. The standard InChI is InChI=1S/C30H34BrN5O3/c1-20-4-5-24(30-21(2)33-39-22(30)3)16-28(20)36(14-10-23-8-12-34(13-9-23)18-29(37)38)25-6-7-27(26(31)17-25)35-15-11-32-19-35/h4-7,11,15-17,19,23H,8-10,12-14,18H2,1-3H3,(H,37,38). The molecule has 1 aliphatic rings. The van der Waals surface area contributed by atoms with Gasteiger partial charge in [0.15, 0.2) is 0 Å². The molecule has 0 aliphatic carbocycles. The summed E-state index contributed by atoms with van der Waals surface area (Å²) in [6.07, 6.45) is 8.57. The maximum absolute atomic E-state index is 11.1. The highest BCUT2D eigenvalue weighted by Gasteiger charge is 2.23. The second-order valence-corrected chi connectivity index (χ2v) is 11.2. The number of imidazole rings is 1. The fraction of sp³-hybridized carbons (Fsp3) is 0.367. The average Bonchev–Trinajstić information content (AvgIpc) is 3.56. The number of benzene rings is 2. The molecule has 0 unspecified atom stereocenters. The van der Waals surface area contributed by atoms with Crippen molar-refractivity contribution in [2.75, 3.05) is 31.1 Å². The first kappa shape index (κ1) is 27.1. The van der Waals surface area contributed by atoms with Crippen LogP contribution in [0.15, 0.2) is 64.1 Å². The van der Waals surface area contributed by atoms with Crippen molar-refractivity contribution >= 4 is 33.3 Å². The Morgan fingerprint density at radius 2 is 1.95 bits per heavy atom. The number of halogens is 1. The van der Waals surface area contributed by atoms with Crippen LogP contribution in [0.4, 0.5) is 11.4 Å². The van der Waals surface area contributed by atoms with Gasteiger partial charge < -0.3 is 19.1 Å². The molecule has 9 heteroatoms. The summed E-state index contributed by atoms with van der Waals surface area (Å²) in [7, 11) is 0. The molecule has 1 fully saturated rings. The maximum Gasteiger partial charge on any atom is 0.317 e. The smallest absolute Gasteiger partial charge is 0.317 e. The zero-order valence-corrected chi connectivity index (χ0v) is 24.2. The first-order chi connectivity index (χ1) is 18.8. The number of nitrogens with zero attached hydrogens (tertiary/aromatic N) is 5. The molecule has 0 bridgehead atoms. The van der Waals surface area contributed by atoms with Crippen molar-refractivity contribution in [1.82, 2.24) is 19.6 Å². The van der Waals surface area contributed by atoms with Crippen LogP contribution in [-0.2, 0) is 4.79 Å². The Hall–Kier alpha value is -3.43. The van der Waals surface area contributed by atoms with Crippen molar-refractivity contribution in [2.24, 2.45) is 5.92 Å². The first-order valence-corrected chi connectivity index (χ1v) is 14.1. The van der Waals surface area contributed by atoms with E-state index in [1.807, 2.05) is 29.5 Å². The SMILES string of the molecule is Cc1ccc(-c2c(C)noc2C)cc1N(CCC1CCN(CC(=O)O)CC1)c1ccc(-n2ccnc2)c(Br)c1. The molecule has 0 radical (unpaired) electrons. The molecule has 204 valence electrons. The number of carboxylic acid groups (broad SMARTS) is 1. The molecule has 4 aromatic rings. The van der Waals surface area contributed by atoms with Crippen molar-refractivity contribution in [3.05, 3.63) is 76.6 Å². The monoisotopic (exact) mass is 591 g/mol. The highest BCUT2D eigenvalue weighted by atomic mass is 79.9. The number of hydrogen-bond acceptors (Lipinski definition) is 6. The molecule has 0 amide bonds. The van der Waals surface area contributed by atoms with Gasteiger partial charge in [-0.3, -0.25) is 9.69 Å². The third-order valence-corrected chi connectivity index (χ3v) is 8.31. The van der Waals surface area contributed by atoms with Gasteiger partial charge in [0.2, 0.25) is 0 Å². The quantitative estimate of drug-likeness (QED) is 0.236. The van der Waals surface area contributed by atoms with E-state index in [1.54, 1.807) is 12.5 Å². The van der Waals surface area contributed by atoms with Gasteiger partial charge in [-0.25, -0.2) is 4.98 Å². The van der Waals surface area contributed by atoms with E-state index in [0.717, 1.165) is 83.0 Å². The van der Waals surface area contributed by atoms with Gasteiger partial charge in [0, 0.05) is 40.3 Å². The molecule has 1 N–H and O–H groups in total. The number of aromatic nitrogens is 3. The topological polar surface area (TPSA) is 87.6 Å². The molecule has 39 heavy (non-hydrogen) atoms. The number of aliphatic carboxylic acids is 1. The lowest BCUT2D eigenvalue weighted by Crippen LogP contribution is -2.38. The van der Waals surface area contributed by atoms with E-state index in [-0.39, 0.29) is 6.54 Å². The summed E-state index contributed by atoms with van der Waals surface area (Å²) >= 11 is 3.80. The van der Waals surface area contributed by atoms with E-state index in [2.05, 4.69) is 74.3 Å². The van der Waals surface area contributed by atoms with Gasteiger partial charge in [0.25, 0.3) is 0 Å². The highest BCUT2D eigenvalue weighted by molar-refractivity contribution is 9.10. The molecule has 5 rings (SSSR count). The summed E-state index contributed by atoms with van der Waals surface area (Å²) in [6.45, 7) is 8.74. The van der Waals surface area contributed by atoms with Crippen LogP contribution in [0.5, 0.6) is 0 Å².